The second-order valence-corrected chi connectivity index (χ2v) is 14.9. The van der Waals surface area contributed by atoms with E-state index in [1.165, 1.54) is 32.2 Å². The van der Waals surface area contributed by atoms with Crippen LogP contribution >= 0.6 is 0 Å². The van der Waals surface area contributed by atoms with E-state index < -0.39 is 36.1 Å². The van der Waals surface area contributed by atoms with Crippen molar-refractivity contribution >= 4 is 45.8 Å². The van der Waals surface area contributed by atoms with Crippen molar-refractivity contribution in [2.24, 2.45) is 13.0 Å². The molecule has 2 aliphatic heterocycles. The number of hydrogen-bond acceptors (Lipinski definition) is 10. The zero-order chi connectivity index (χ0) is 38.5. The normalized spacial score (nSPS) is 23.6. The molecule has 6 heterocycles. The Labute approximate surface area is 313 Å². The summed E-state index contributed by atoms with van der Waals surface area (Å²) in [5.74, 6) is -1.09. The van der Waals surface area contributed by atoms with Gasteiger partial charge in [0.05, 0.1) is 40.8 Å². The smallest absolute Gasteiger partial charge is 0.329 e. The number of likely N-dealkylation sites (N-methyl/N-ethyl adjacent to an activating group) is 1. The fourth-order valence-corrected chi connectivity index (χ4v) is 8.72. The highest BCUT2D eigenvalue weighted by atomic mass is 19.3. The van der Waals surface area contributed by atoms with Crippen LogP contribution in [0, 0.1) is 5.92 Å². The van der Waals surface area contributed by atoms with Crippen LogP contribution in [0.25, 0.3) is 16.7 Å². The maximum atomic E-state index is 14.1. The monoisotopic (exact) mass is 759 g/mol. The molecular weight excluding hydrogens is 716 g/mol. The summed E-state index contributed by atoms with van der Waals surface area (Å²) in [5, 5.41) is 24.7. The van der Waals surface area contributed by atoms with Gasteiger partial charge in [-0.3, -0.25) is 33.5 Å². The third-order valence-corrected chi connectivity index (χ3v) is 11.5. The van der Waals surface area contributed by atoms with Gasteiger partial charge < -0.3 is 20.2 Å². The minimum absolute atomic E-state index is 0.0391. The molecule has 1 saturated carbocycles. The molecule has 16 nitrogen and oxygen atoms in total. The van der Waals surface area contributed by atoms with E-state index in [2.05, 4.69) is 35.6 Å². The number of rotatable bonds is 9. The van der Waals surface area contributed by atoms with Crippen LogP contribution in [0.4, 0.5) is 20.2 Å². The Morgan fingerprint density at radius 3 is 2.65 bits per heavy atom. The first kappa shape index (κ1) is 36.5. The Hall–Kier alpha value is -5.49. The number of imide groups is 1. The molecule has 18 heteroatoms. The number of nitrogens with zero attached hydrogens (tertiary/aromatic N) is 9. The van der Waals surface area contributed by atoms with Gasteiger partial charge in [-0.25, -0.2) is 23.1 Å². The molecule has 55 heavy (non-hydrogen) atoms. The number of alkyl halides is 2. The molecule has 3 amide bonds. The number of imidazole rings is 1. The van der Waals surface area contributed by atoms with Crippen LogP contribution in [0.5, 0.6) is 0 Å². The Morgan fingerprint density at radius 1 is 1.11 bits per heavy atom. The third-order valence-electron chi connectivity index (χ3n) is 11.5. The minimum Gasteiger partial charge on any atom is -0.390 e. The van der Waals surface area contributed by atoms with Crippen molar-refractivity contribution in [3.05, 3.63) is 70.8 Å². The lowest BCUT2D eigenvalue weighted by molar-refractivity contribution is -0.135. The largest absolute Gasteiger partial charge is 0.390 e. The number of piperidine rings is 2. The maximum Gasteiger partial charge on any atom is 0.329 e. The van der Waals surface area contributed by atoms with E-state index in [-0.39, 0.29) is 47.8 Å². The van der Waals surface area contributed by atoms with Crippen molar-refractivity contribution < 1.29 is 28.3 Å². The van der Waals surface area contributed by atoms with Crippen LogP contribution in [-0.2, 0) is 16.6 Å². The summed E-state index contributed by atoms with van der Waals surface area (Å²) in [5.41, 5.74) is 1.69. The summed E-state index contributed by atoms with van der Waals surface area (Å²) < 4.78 is 34.1. The summed E-state index contributed by atoms with van der Waals surface area (Å²) in [6.07, 6.45) is 6.73. The van der Waals surface area contributed by atoms with E-state index >= 15 is 0 Å². The summed E-state index contributed by atoms with van der Waals surface area (Å²) in [6.45, 7) is 1.77. The quantitative estimate of drug-likeness (QED) is 0.190. The Bertz CT molecular complexity index is 2320. The Kier molecular flexibility index (Phi) is 9.71. The number of para-hydroxylation sites is 1. The predicted octanol–water partition coefficient (Wildman–Crippen LogP) is 3.05. The van der Waals surface area contributed by atoms with Gasteiger partial charge in [0.2, 0.25) is 11.8 Å². The lowest BCUT2D eigenvalue weighted by atomic mass is 9.85. The molecule has 1 aromatic carbocycles. The zero-order valence-corrected chi connectivity index (χ0v) is 30.5. The van der Waals surface area contributed by atoms with Gasteiger partial charge in [-0.05, 0) is 69.7 Å². The second-order valence-electron chi connectivity index (χ2n) is 14.9. The van der Waals surface area contributed by atoms with Crippen LogP contribution in [0.15, 0.2) is 53.8 Å². The number of aliphatic hydroxyl groups is 1. The number of hydrogen-bond donors (Lipinski definition) is 3. The first-order valence-electron chi connectivity index (χ1n) is 18.6. The van der Waals surface area contributed by atoms with E-state index in [1.807, 2.05) is 19.2 Å². The number of aromatic nitrogens is 7. The average Bonchev–Trinajstić information content (AvgIpc) is 3.86. The molecule has 0 bridgehead atoms. The number of nitrogens with one attached hydrogen (secondary N) is 2. The molecule has 3 atom stereocenters. The van der Waals surface area contributed by atoms with Gasteiger partial charge in [-0.1, -0.05) is 6.07 Å². The Morgan fingerprint density at radius 2 is 1.91 bits per heavy atom. The number of fused-ring (bicyclic) bond motifs is 2. The van der Waals surface area contributed by atoms with E-state index in [9.17, 15) is 33.1 Å². The average molecular weight is 760 g/mol. The predicted molar refractivity (Wildman–Crippen MR) is 197 cm³/mol. The van der Waals surface area contributed by atoms with Gasteiger partial charge in [-0.2, -0.15) is 10.2 Å². The van der Waals surface area contributed by atoms with Crippen LogP contribution in [0.2, 0.25) is 0 Å². The summed E-state index contributed by atoms with van der Waals surface area (Å²) in [7, 11) is 3.70. The molecule has 3 N–H and O–H groups in total. The van der Waals surface area contributed by atoms with Gasteiger partial charge in [0.15, 0.2) is 11.3 Å². The summed E-state index contributed by atoms with van der Waals surface area (Å²) in [4.78, 5) is 59.4. The topological polar surface area (TPSA) is 177 Å². The highest BCUT2D eigenvalue weighted by Crippen LogP contribution is 2.37. The highest BCUT2D eigenvalue weighted by molar-refractivity contribution is 6.08. The molecule has 0 spiro atoms. The first-order chi connectivity index (χ1) is 26.5. The van der Waals surface area contributed by atoms with Crippen molar-refractivity contribution in [2.45, 2.75) is 75.6 Å². The van der Waals surface area contributed by atoms with Crippen molar-refractivity contribution in [3.63, 3.8) is 0 Å². The molecule has 5 aromatic rings. The van der Waals surface area contributed by atoms with Crippen LogP contribution in [0.3, 0.4) is 0 Å². The lowest BCUT2D eigenvalue weighted by Gasteiger charge is -2.43. The van der Waals surface area contributed by atoms with Crippen molar-refractivity contribution in [3.8, 4) is 0 Å². The number of anilines is 2. The van der Waals surface area contributed by atoms with E-state index in [0.29, 0.717) is 42.1 Å². The summed E-state index contributed by atoms with van der Waals surface area (Å²) in [6, 6.07) is 6.28. The standard InChI is InChI=1S/C37H43F2N11O5/c1-45(25-13-16-47(20-29(25)51)26-5-3-6-27-32(26)46(2)37(55)50(27)28-11-12-30(52)43-36(28)54)18-21-7-9-22(10-8-21)49-19-24(31(44-49)33(38)39)42-35(53)23-17-41-48-15-4-14-40-34(23)48/h3-6,14-15,17,19,21-22,25,28-29,33,51H,7-13,16,18,20H2,1-2H3,(H,42,53)(H,43,52,54). The molecule has 1 aliphatic carbocycles. The molecule has 3 unspecified atom stereocenters. The molecule has 8 rings (SSSR count). The SMILES string of the molecule is CN(CC1CCC(n2cc(NC(=O)c3cnn4cccnc34)c(C(F)F)n2)CC1)C1CCN(c2cccc3c2n(C)c(=O)n3C2CCC(=O)NC2=O)CC1O. The number of benzene rings is 1. The number of carbonyl (C=O) groups is 3. The van der Waals surface area contributed by atoms with E-state index in [0.717, 1.165) is 37.9 Å². The number of halogens is 2. The van der Waals surface area contributed by atoms with Crippen molar-refractivity contribution in [2.75, 3.05) is 36.9 Å². The second kappa shape index (κ2) is 14.6. The van der Waals surface area contributed by atoms with Crippen molar-refractivity contribution in [1.29, 1.82) is 0 Å². The summed E-state index contributed by atoms with van der Waals surface area (Å²) >= 11 is 0. The van der Waals surface area contributed by atoms with Gasteiger partial charge >= 0.3 is 5.69 Å². The molecule has 4 aromatic heterocycles. The third kappa shape index (κ3) is 6.77. The molecule has 0 radical (unpaired) electrons. The molecule has 3 aliphatic rings. The van der Waals surface area contributed by atoms with Crippen LogP contribution in [-0.4, -0.2) is 100 Å². The van der Waals surface area contributed by atoms with E-state index in [1.54, 1.807) is 30.1 Å². The molecular formula is C37H43F2N11O5. The molecule has 290 valence electrons. The number of amides is 3. The van der Waals surface area contributed by atoms with Gasteiger partial charge in [0.25, 0.3) is 12.3 Å². The number of carbonyl (C=O) groups excluding carboxylic acids is 3. The lowest BCUT2D eigenvalue weighted by Crippen LogP contribution is -2.54. The fraction of sp³-hybridized carbons (Fsp3) is 0.486. The number of aliphatic hydroxyl groups excluding tert-OH is 1. The fourth-order valence-electron chi connectivity index (χ4n) is 8.72. The minimum atomic E-state index is -2.87. The highest BCUT2D eigenvalue weighted by Gasteiger charge is 2.36. The van der Waals surface area contributed by atoms with Crippen molar-refractivity contribution in [1.82, 2.24) is 43.7 Å². The van der Waals surface area contributed by atoms with Gasteiger partial charge in [0.1, 0.15) is 11.6 Å². The van der Waals surface area contributed by atoms with Gasteiger partial charge in [0, 0.05) is 57.7 Å². The number of aryl methyl sites for hydroxylation is 1. The van der Waals surface area contributed by atoms with Crippen LogP contribution in [0.1, 0.15) is 79.5 Å². The maximum absolute atomic E-state index is 14.1. The first-order valence-corrected chi connectivity index (χ1v) is 18.6. The Balaban J connectivity index is 0.885. The zero-order valence-electron chi connectivity index (χ0n) is 30.5. The molecule has 3 fully saturated rings. The molecule has 2 saturated heterocycles. The van der Waals surface area contributed by atoms with Crippen LogP contribution < -0.4 is 21.2 Å². The van der Waals surface area contributed by atoms with E-state index in [4.69, 9.17) is 0 Å². The van der Waals surface area contributed by atoms with Gasteiger partial charge in [-0.15, -0.1) is 0 Å². The number of β-amino-alcohol motifs (C(OH)–C–C–N with tert-alkyl or cyclic N) is 1.